The Morgan fingerprint density at radius 2 is 1.50 bits per heavy atom. The van der Waals surface area contributed by atoms with Crippen LogP contribution in [-0.2, 0) is 10.0 Å². The summed E-state index contributed by atoms with van der Waals surface area (Å²) in [5.74, 6) is 0.730. The fourth-order valence-electron chi connectivity index (χ4n) is 4.01. The SMILES string of the molecule is COc1cc(C)c(S(=O)(=O)N2CCN(c3cccc(C)c3C)CC2)c(C)c1C. The van der Waals surface area contributed by atoms with Crippen LogP contribution in [0.2, 0.25) is 0 Å². The highest BCUT2D eigenvalue weighted by atomic mass is 32.2. The molecule has 3 rings (SSSR count). The number of hydrogen-bond donors (Lipinski definition) is 0. The molecule has 1 aliphatic rings. The van der Waals surface area contributed by atoms with Crippen molar-refractivity contribution in [2.45, 2.75) is 39.5 Å². The Morgan fingerprint density at radius 3 is 2.11 bits per heavy atom. The Labute approximate surface area is 169 Å². The lowest BCUT2D eigenvalue weighted by Gasteiger charge is -2.37. The lowest BCUT2D eigenvalue weighted by Crippen LogP contribution is -2.49. The molecule has 5 nitrogen and oxygen atoms in total. The third kappa shape index (κ3) is 3.51. The van der Waals surface area contributed by atoms with Crippen molar-refractivity contribution in [1.82, 2.24) is 4.31 Å². The molecule has 0 atom stereocenters. The minimum atomic E-state index is -3.54. The number of anilines is 1. The number of nitrogens with zero attached hydrogens (tertiary/aromatic N) is 2. The van der Waals surface area contributed by atoms with Gasteiger partial charge in [-0.2, -0.15) is 4.31 Å². The predicted octanol–water partition coefficient (Wildman–Crippen LogP) is 3.75. The van der Waals surface area contributed by atoms with Crippen LogP contribution in [0.1, 0.15) is 27.8 Å². The zero-order valence-electron chi connectivity index (χ0n) is 17.7. The number of sulfonamides is 1. The van der Waals surface area contributed by atoms with Crippen molar-refractivity contribution in [2.75, 3.05) is 38.2 Å². The number of aryl methyl sites for hydroxylation is 2. The van der Waals surface area contributed by atoms with Gasteiger partial charge in [-0.15, -0.1) is 0 Å². The van der Waals surface area contributed by atoms with E-state index in [0.29, 0.717) is 31.1 Å². The second-order valence-electron chi connectivity index (χ2n) is 7.59. The van der Waals surface area contributed by atoms with Crippen LogP contribution in [0.4, 0.5) is 5.69 Å². The fraction of sp³-hybridized carbons (Fsp3) is 0.455. The van der Waals surface area contributed by atoms with Crippen LogP contribution < -0.4 is 9.64 Å². The maximum Gasteiger partial charge on any atom is 0.243 e. The third-order valence-corrected chi connectivity index (χ3v) is 8.14. The van der Waals surface area contributed by atoms with E-state index in [4.69, 9.17) is 4.74 Å². The molecule has 0 aromatic heterocycles. The van der Waals surface area contributed by atoms with E-state index < -0.39 is 10.0 Å². The van der Waals surface area contributed by atoms with Crippen molar-refractivity contribution in [1.29, 1.82) is 0 Å². The van der Waals surface area contributed by atoms with Crippen LogP contribution in [-0.4, -0.2) is 46.0 Å². The van der Waals surface area contributed by atoms with Gasteiger partial charge in [-0.05, 0) is 74.6 Å². The molecule has 0 aliphatic carbocycles. The molecule has 0 radical (unpaired) electrons. The van der Waals surface area contributed by atoms with Gasteiger partial charge in [-0.25, -0.2) is 8.42 Å². The maximum atomic E-state index is 13.4. The standard InChI is InChI=1S/C22H30N2O3S/c1-15-8-7-9-20(17(15)3)23-10-12-24(13-11-23)28(25,26)22-16(2)14-21(27-6)18(4)19(22)5/h7-9,14H,10-13H2,1-6H3. The Balaban J connectivity index is 1.86. The highest BCUT2D eigenvalue weighted by Crippen LogP contribution is 2.33. The molecule has 1 aliphatic heterocycles. The van der Waals surface area contributed by atoms with E-state index in [1.54, 1.807) is 11.4 Å². The summed E-state index contributed by atoms with van der Waals surface area (Å²) in [7, 11) is -1.93. The molecule has 0 saturated carbocycles. The molecule has 1 fully saturated rings. The summed E-state index contributed by atoms with van der Waals surface area (Å²) in [5, 5.41) is 0. The van der Waals surface area contributed by atoms with Crippen LogP contribution >= 0.6 is 0 Å². The van der Waals surface area contributed by atoms with Gasteiger partial charge in [0.2, 0.25) is 10.0 Å². The minimum Gasteiger partial charge on any atom is -0.496 e. The summed E-state index contributed by atoms with van der Waals surface area (Å²) in [4.78, 5) is 2.71. The lowest BCUT2D eigenvalue weighted by atomic mass is 10.1. The lowest BCUT2D eigenvalue weighted by molar-refractivity contribution is 0.383. The van der Waals surface area contributed by atoms with E-state index in [-0.39, 0.29) is 0 Å². The summed E-state index contributed by atoms with van der Waals surface area (Å²) < 4.78 is 33.8. The first-order valence-electron chi connectivity index (χ1n) is 9.64. The highest BCUT2D eigenvalue weighted by molar-refractivity contribution is 7.89. The van der Waals surface area contributed by atoms with Crippen molar-refractivity contribution in [3.63, 3.8) is 0 Å². The highest BCUT2D eigenvalue weighted by Gasteiger charge is 2.32. The Morgan fingerprint density at radius 1 is 0.857 bits per heavy atom. The van der Waals surface area contributed by atoms with E-state index in [0.717, 1.165) is 22.4 Å². The zero-order chi connectivity index (χ0) is 20.6. The van der Waals surface area contributed by atoms with Crippen molar-refractivity contribution in [3.8, 4) is 5.75 Å². The maximum absolute atomic E-state index is 13.4. The fourth-order valence-corrected chi connectivity index (χ4v) is 5.91. The molecule has 2 aromatic carbocycles. The average molecular weight is 403 g/mol. The molecule has 6 heteroatoms. The van der Waals surface area contributed by atoms with Gasteiger partial charge in [0.15, 0.2) is 0 Å². The molecule has 0 bridgehead atoms. The molecular formula is C22H30N2O3S. The third-order valence-electron chi connectivity index (χ3n) is 5.95. The summed E-state index contributed by atoms with van der Waals surface area (Å²) >= 11 is 0. The van der Waals surface area contributed by atoms with Crippen LogP contribution in [0.5, 0.6) is 5.75 Å². The Kier molecular flexibility index (Phi) is 5.73. The average Bonchev–Trinajstić information content (AvgIpc) is 2.67. The Bertz CT molecular complexity index is 991. The second kappa shape index (κ2) is 7.76. The summed E-state index contributed by atoms with van der Waals surface area (Å²) in [5.41, 5.74) is 6.10. The van der Waals surface area contributed by atoms with E-state index in [9.17, 15) is 8.42 Å². The summed E-state index contributed by atoms with van der Waals surface area (Å²) in [6.45, 7) is 12.2. The molecule has 0 N–H and O–H groups in total. The van der Waals surface area contributed by atoms with Gasteiger partial charge in [-0.1, -0.05) is 12.1 Å². The first-order chi connectivity index (χ1) is 13.2. The van der Waals surface area contributed by atoms with Gasteiger partial charge in [-0.3, -0.25) is 0 Å². The van der Waals surface area contributed by atoms with Crippen LogP contribution in [0.25, 0.3) is 0 Å². The molecule has 2 aromatic rings. The number of hydrogen-bond acceptors (Lipinski definition) is 4. The quantitative estimate of drug-likeness (QED) is 0.782. The first kappa shape index (κ1) is 20.7. The van der Waals surface area contributed by atoms with E-state index in [1.165, 1.54) is 16.8 Å². The van der Waals surface area contributed by atoms with Crippen molar-refractivity contribution in [3.05, 3.63) is 52.1 Å². The van der Waals surface area contributed by atoms with E-state index in [1.807, 2.05) is 26.8 Å². The van der Waals surface area contributed by atoms with Crippen molar-refractivity contribution >= 4 is 15.7 Å². The van der Waals surface area contributed by atoms with Crippen LogP contribution in [0.15, 0.2) is 29.2 Å². The van der Waals surface area contributed by atoms with E-state index >= 15 is 0 Å². The van der Waals surface area contributed by atoms with Gasteiger partial charge in [0, 0.05) is 31.9 Å². The normalized spacial score (nSPS) is 15.7. The van der Waals surface area contributed by atoms with Crippen molar-refractivity contribution in [2.24, 2.45) is 0 Å². The van der Waals surface area contributed by atoms with Gasteiger partial charge >= 0.3 is 0 Å². The van der Waals surface area contributed by atoms with Crippen LogP contribution in [0.3, 0.4) is 0 Å². The molecule has 1 saturated heterocycles. The summed E-state index contributed by atoms with van der Waals surface area (Å²) in [6, 6.07) is 8.11. The van der Waals surface area contributed by atoms with E-state index in [2.05, 4.69) is 36.9 Å². The van der Waals surface area contributed by atoms with Gasteiger partial charge in [0.25, 0.3) is 0 Å². The number of benzene rings is 2. The number of piperazine rings is 1. The molecule has 0 amide bonds. The molecule has 0 unspecified atom stereocenters. The number of rotatable bonds is 4. The monoisotopic (exact) mass is 402 g/mol. The molecule has 1 heterocycles. The zero-order valence-corrected chi connectivity index (χ0v) is 18.5. The van der Waals surface area contributed by atoms with Crippen LogP contribution in [0, 0.1) is 34.6 Å². The number of ether oxygens (including phenoxy) is 1. The topological polar surface area (TPSA) is 49.9 Å². The largest absolute Gasteiger partial charge is 0.496 e. The minimum absolute atomic E-state index is 0.422. The first-order valence-corrected chi connectivity index (χ1v) is 11.1. The second-order valence-corrected chi connectivity index (χ2v) is 9.46. The van der Waals surface area contributed by atoms with Crippen molar-refractivity contribution < 1.29 is 13.2 Å². The Hall–Kier alpha value is -2.05. The van der Waals surface area contributed by atoms with Gasteiger partial charge in [0.1, 0.15) is 5.75 Å². The number of methoxy groups -OCH3 is 1. The molecular weight excluding hydrogens is 372 g/mol. The smallest absolute Gasteiger partial charge is 0.243 e. The molecule has 152 valence electrons. The van der Waals surface area contributed by atoms with Gasteiger partial charge in [0.05, 0.1) is 12.0 Å². The molecule has 0 spiro atoms. The van der Waals surface area contributed by atoms with Gasteiger partial charge < -0.3 is 9.64 Å². The summed E-state index contributed by atoms with van der Waals surface area (Å²) in [6.07, 6.45) is 0. The predicted molar refractivity (Wildman–Crippen MR) is 114 cm³/mol. The molecule has 28 heavy (non-hydrogen) atoms.